The normalized spacial score (nSPS) is 11.4. The number of halogens is 1. The number of nitrogens with zero attached hydrogens (tertiary/aromatic N) is 3. The summed E-state index contributed by atoms with van der Waals surface area (Å²) in [7, 11) is 2.98. The molecule has 0 atom stereocenters. The van der Waals surface area contributed by atoms with E-state index in [0.717, 1.165) is 22.0 Å². The van der Waals surface area contributed by atoms with Crippen molar-refractivity contribution in [3.8, 4) is 28.7 Å². The van der Waals surface area contributed by atoms with Crippen LogP contribution in [-0.2, 0) is 0 Å². The minimum absolute atomic E-state index is 0.108. The number of ether oxygens (including phenoxy) is 2. The molecule has 0 aliphatic heterocycles. The molecule has 0 spiro atoms. The Morgan fingerprint density at radius 2 is 1.69 bits per heavy atom. The highest BCUT2D eigenvalue weighted by atomic mass is 35.5. The van der Waals surface area contributed by atoms with Gasteiger partial charge in [-0.15, -0.1) is 0 Å². The van der Waals surface area contributed by atoms with E-state index in [1.54, 1.807) is 18.2 Å². The third kappa shape index (κ3) is 4.26. The van der Waals surface area contributed by atoms with E-state index in [-0.39, 0.29) is 16.6 Å². The number of methoxy groups -OCH3 is 2. The molecular formula is C28H19ClN4O3. The van der Waals surface area contributed by atoms with Crippen LogP contribution in [-0.4, -0.2) is 29.2 Å². The van der Waals surface area contributed by atoms with Crippen molar-refractivity contribution < 1.29 is 9.47 Å². The van der Waals surface area contributed by atoms with E-state index in [2.05, 4.69) is 21.0 Å². The number of aromatic amines is 1. The molecular weight excluding hydrogens is 476 g/mol. The van der Waals surface area contributed by atoms with Gasteiger partial charge in [-0.1, -0.05) is 48.0 Å². The van der Waals surface area contributed by atoms with Crippen LogP contribution in [0.2, 0.25) is 5.15 Å². The average molecular weight is 495 g/mol. The van der Waals surface area contributed by atoms with E-state index in [1.807, 2.05) is 54.6 Å². The predicted octanol–water partition coefficient (Wildman–Crippen LogP) is 5.87. The molecule has 36 heavy (non-hydrogen) atoms. The third-order valence-electron chi connectivity index (χ3n) is 5.79. The summed E-state index contributed by atoms with van der Waals surface area (Å²) in [4.78, 5) is 24.4. The summed E-state index contributed by atoms with van der Waals surface area (Å²) in [6, 6.07) is 23.0. The van der Waals surface area contributed by atoms with Crippen LogP contribution in [0, 0.1) is 11.3 Å². The summed E-state index contributed by atoms with van der Waals surface area (Å²) in [5.74, 6) is 0.939. The second-order valence-corrected chi connectivity index (χ2v) is 8.31. The quantitative estimate of drug-likeness (QED) is 0.242. The maximum atomic E-state index is 12.8. The van der Waals surface area contributed by atoms with Crippen LogP contribution in [0.4, 0.5) is 0 Å². The Labute approximate surface area is 211 Å². The Kier molecular flexibility index (Phi) is 6.11. The lowest BCUT2D eigenvalue weighted by atomic mass is 10.0. The van der Waals surface area contributed by atoms with E-state index in [9.17, 15) is 10.1 Å². The first-order valence-corrected chi connectivity index (χ1v) is 11.3. The maximum absolute atomic E-state index is 12.8. The van der Waals surface area contributed by atoms with Crippen molar-refractivity contribution in [1.82, 2.24) is 15.0 Å². The Balaban J connectivity index is 1.62. The number of hydrogen-bond acceptors (Lipinski definition) is 6. The van der Waals surface area contributed by atoms with E-state index in [1.165, 1.54) is 14.2 Å². The van der Waals surface area contributed by atoms with Gasteiger partial charge in [-0.3, -0.25) is 4.79 Å². The summed E-state index contributed by atoms with van der Waals surface area (Å²) < 4.78 is 10.6. The van der Waals surface area contributed by atoms with Gasteiger partial charge in [0.15, 0.2) is 17.3 Å². The van der Waals surface area contributed by atoms with Crippen LogP contribution in [0.25, 0.3) is 44.6 Å². The SMILES string of the molecule is COc1cc2nc(C(C#N)=Cc3cc4cc(-c5ccccc5)ccc4nc3Cl)[nH]c(=O)c2cc1OC. The van der Waals surface area contributed by atoms with Gasteiger partial charge in [0.05, 0.1) is 36.2 Å². The van der Waals surface area contributed by atoms with Crippen LogP contribution in [0.1, 0.15) is 11.4 Å². The molecule has 8 heteroatoms. The van der Waals surface area contributed by atoms with Gasteiger partial charge < -0.3 is 14.5 Å². The molecule has 5 aromatic rings. The van der Waals surface area contributed by atoms with Crippen LogP contribution in [0.5, 0.6) is 11.5 Å². The lowest BCUT2D eigenvalue weighted by Gasteiger charge is -2.09. The Morgan fingerprint density at radius 3 is 2.42 bits per heavy atom. The number of nitrogens with one attached hydrogen (secondary N) is 1. The van der Waals surface area contributed by atoms with Crippen LogP contribution < -0.4 is 15.0 Å². The van der Waals surface area contributed by atoms with Crippen LogP contribution in [0.3, 0.4) is 0 Å². The molecule has 1 N–H and O–H groups in total. The van der Waals surface area contributed by atoms with E-state index in [4.69, 9.17) is 21.1 Å². The summed E-state index contributed by atoms with van der Waals surface area (Å²) >= 11 is 6.46. The van der Waals surface area contributed by atoms with Crippen molar-refractivity contribution in [2.24, 2.45) is 0 Å². The summed E-state index contributed by atoms with van der Waals surface area (Å²) in [5, 5.41) is 11.3. The molecule has 176 valence electrons. The number of benzene rings is 3. The number of H-pyrrole nitrogens is 1. The van der Waals surface area contributed by atoms with Gasteiger partial charge in [0.25, 0.3) is 5.56 Å². The number of aromatic nitrogens is 3. The fourth-order valence-corrected chi connectivity index (χ4v) is 4.18. The number of fused-ring (bicyclic) bond motifs is 2. The van der Waals surface area contributed by atoms with Crippen LogP contribution >= 0.6 is 11.6 Å². The molecule has 0 saturated heterocycles. The predicted molar refractivity (Wildman–Crippen MR) is 141 cm³/mol. The zero-order valence-electron chi connectivity index (χ0n) is 19.4. The van der Waals surface area contributed by atoms with Gasteiger partial charge in [-0.25, -0.2) is 9.97 Å². The molecule has 0 aliphatic carbocycles. The fraction of sp³-hybridized carbons (Fsp3) is 0.0714. The van der Waals surface area contributed by atoms with E-state index >= 15 is 0 Å². The smallest absolute Gasteiger partial charge is 0.259 e. The molecule has 2 heterocycles. The Hall–Kier alpha value is -4.67. The topological polar surface area (TPSA) is 101 Å². The number of hydrogen-bond donors (Lipinski definition) is 1. The Morgan fingerprint density at radius 1 is 0.944 bits per heavy atom. The van der Waals surface area contributed by atoms with Crippen molar-refractivity contribution in [1.29, 1.82) is 5.26 Å². The van der Waals surface area contributed by atoms with Crippen molar-refractivity contribution in [2.45, 2.75) is 0 Å². The number of pyridine rings is 1. The standard InChI is InChI=1S/C28H19ClN4O3/c1-35-24-13-21-23(14-25(24)36-2)32-27(33-28(21)34)20(15-30)12-19-11-18-10-17(16-6-4-3-5-7-16)8-9-22(18)31-26(19)29/h3-14H,1-2H3,(H,32,33,34). The molecule has 0 fully saturated rings. The molecule has 0 radical (unpaired) electrons. The minimum atomic E-state index is -0.410. The first kappa shape index (κ1) is 23.1. The van der Waals surface area contributed by atoms with Crippen molar-refractivity contribution in [2.75, 3.05) is 14.2 Å². The highest BCUT2D eigenvalue weighted by Crippen LogP contribution is 2.31. The largest absolute Gasteiger partial charge is 0.493 e. The molecule has 0 saturated carbocycles. The molecule has 0 amide bonds. The lowest BCUT2D eigenvalue weighted by molar-refractivity contribution is 0.355. The van der Waals surface area contributed by atoms with Crippen molar-refractivity contribution in [3.05, 3.63) is 93.6 Å². The molecule has 5 rings (SSSR count). The fourth-order valence-electron chi connectivity index (χ4n) is 3.98. The van der Waals surface area contributed by atoms with E-state index < -0.39 is 5.56 Å². The number of allylic oxidation sites excluding steroid dienone is 1. The van der Waals surface area contributed by atoms with E-state index in [0.29, 0.717) is 28.0 Å². The Bertz CT molecular complexity index is 1760. The van der Waals surface area contributed by atoms with Gasteiger partial charge >= 0.3 is 0 Å². The van der Waals surface area contributed by atoms with Gasteiger partial charge in [-0.2, -0.15) is 5.26 Å². The second kappa shape index (κ2) is 9.53. The lowest BCUT2D eigenvalue weighted by Crippen LogP contribution is -2.11. The zero-order chi connectivity index (χ0) is 25.2. The molecule has 0 aliphatic rings. The monoisotopic (exact) mass is 494 g/mol. The molecule has 2 aromatic heterocycles. The summed E-state index contributed by atoms with van der Waals surface area (Å²) in [5.41, 5.74) is 3.46. The number of rotatable bonds is 5. The summed E-state index contributed by atoms with van der Waals surface area (Å²) in [6.07, 6.45) is 1.56. The molecule has 0 bridgehead atoms. The molecule has 0 unspecified atom stereocenters. The zero-order valence-corrected chi connectivity index (χ0v) is 20.1. The van der Waals surface area contributed by atoms with Gasteiger partial charge in [0, 0.05) is 17.0 Å². The summed E-state index contributed by atoms with van der Waals surface area (Å²) in [6.45, 7) is 0. The number of nitriles is 1. The molecule has 3 aromatic carbocycles. The van der Waals surface area contributed by atoms with Crippen LogP contribution in [0.15, 0.2) is 71.5 Å². The molecule has 7 nitrogen and oxygen atoms in total. The highest BCUT2D eigenvalue weighted by molar-refractivity contribution is 6.31. The van der Waals surface area contributed by atoms with Gasteiger partial charge in [-0.05, 0) is 41.5 Å². The minimum Gasteiger partial charge on any atom is -0.493 e. The second-order valence-electron chi connectivity index (χ2n) is 7.95. The highest BCUT2D eigenvalue weighted by Gasteiger charge is 2.14. The first-order valence-electron chi connectivity index (χ1n) is 10.9. The van der Waals surface area contributed by atoms with Crippen molar-refractivity contribution >= 4 is 45.1 Å². The first-order chi connectivity index (χ1) is 17.5. The van der Waals surface area contributed by atoms with Gasteiger partial charge in [0.2, 0.25) is 0 Å². The van der Waals surface area contributed by atoms with Crippen molar-refractivity contribution in [3.63, 3.8) is 0 Å². The average Bonchev–Trinajstić information content (AvgIpc) is 2.91. The maximum Gasteiger partial charge on any atom is 0.259 e. The third-order valence-corrected chi connectivity index (χ3v) is 6.09. The van der Waals surface area contributed by atoms with Gasteiger partial charge in [0.1, 0.15) is 11.2 Å².